The Bertz CT molecular complexity index is 376. The molecule has 0 fully saturated rings. The second kappa shape index (κ2) is 18.9. The van der Waals surface area contributed by atoms with Crippen LogP contribution in [0.1, 0.15) is 52.4 Å². The Labute approximate surface area is 144 Å². The molecule has 0 atom stereocenters. The molecule has 0 N–H and O–H groups in total. The molecule has 0 rings (SSSR count). The molecule has 0 aromatic heterocycles. The summed E-state index contributed by atoms with van der Waals surface area (Å²) < 4.78 is 14.2. The van der Waals surface area contributed by atoms with E-state index in [-0.39, 0.29) is 11.9 Å². The predicted octanol–water partition coefficient (Wildman–Crippen LogP) is 3.35. The van der Waals surface area contributed by atoms with Gasteiger partial charge in [0.1, 0.15) is 0 Å². The minimum atomic E-state index is -0.399. The lowest BCUT2D eigenvalue weighted by Gasteiger charge is -2.04. The van der Waals surface area contributed by atoms with Crippen LogP contribution < -0.4 is 0 Å². The molecule has 0 saturated carbocycles. The van der Waals surface area contributed by atoms with Crippen molar-refractivity contribution in [3.05, 3.63) is 25.3 Å². The molecule has 0 aliphatic carbocycles. The van der Waals surface area contributed by atoms with Gasteiger partial charge < -0.3 is 14.2 Å². The molecule has 0 aliphatic rings. The van der Waals surface area contributed by atoms with Gasteiger partial charge >= 0.3 is 17.9 Å². The molecule has 6 nitrogen and oxygen atoms in total. The van der Waals surface area contributed by atoms with E-state index in [0.29, 0.717) is 26.2 Å². The molecule has 0 radical (unpaired) electrons. The van der Waals surface area contributed by atoms with Gasteiger partial charge in [0.05, 0.1) is 19.8 Å². The summed E-state index contributed by atoms with van der Waals surface area (Å²) in [5, 5.41) is 0. The van der Waals surface area contributed by atoms with E-state index >= 15 is 0 Å². The van der Waals surface area contributed by atoms with Crippen molar-refractivity contribution in [2.75, 3.05) is 19.8 Å². The van der Waals surface area contributed by atoms with Gasteiger partial charge in [-0.15, -0.1) is 0 Å². The van der Waals surface area contributed by atoms with E-state index in [1.54, 1.807) is 6.92 Å². The minimum Gasteiger partial charge on any atom is -0.466 e. The van der Waals surface area contributed by atoms with Crippen molar-refractivity contribution in [1.29, 1.82) is 0 Å². The Hall–Kier alpha value is -2.11. The Balaban J connectivity index is 0. The van der Waals surface area contributed by atoms with Crippen LogP contribution in [0.3, 0.4) is 0 Å². The number of ether oxygens (including phenoxy) is 3. The van der Waals surface area contributed by atoms with Gasteiger partial charge in [0.2, 0.25) is 0 Å². The summed E-state index contributed by atoms with van der Waals surface area (Å²) in [6.45, 7) is 11.6. The Morgan fingerprint density at radius 2 is 1.38 bits per heavy atom. The number of rotatable bonds is 12. The largest absolute Gasteiger partial charge is 0.466 e. The quantitative estimate of drug-likeness (QED) is 0.234. The summed E-state index contributed by atoms with van der Waals surface area (Å²) >= 11 is 0. The molecule has 0 bridgehead atoms. The van der Waals surface area contributed by atoms with Crippen LogP contribution in [0.15, 0.2) is 25.3 Å². The van der Waals surface area contributed by atoms with E-state index in [1.807, 2.05) is 0 Å². The summed E-state index contributed by atoms with van der Waals surface area (Å²) in [4.78, 5) is 31.9. The zero-order valence-electron chi connectivity index (χ0n) is 14.9. The van der Waals surface area contributed by atoms with Crippen LogP contribution in [0.5, 0.6) is 0 Å². The van der Waals surface area contributed by atoms with E-state index < -0.39 is 5.97 Å². The molecule has 0 amide bonds. The van der Waals surface area contributed by atoms with Gasteiger partial charge in [-0.05, 0) is 32.6 Å². The highest BCUT2D eigenvalue weighted by Gasteiger charge is 2.02. The molecule has 0 unspecified atom stereocenters. The van der Waals surface area contributed by atoms with Gasteiger partial charge in [0.25, 0.3) is 0 Å². The van der Waals surface area contributed by atoms with Gasteiger partial charge in [-0.1, -0.05) is 26.5 Å². The normalized spacial score (nSPS) is 9.08. The van der Waals surface area contributed by atoms with Gasteiger partial charge in [0.15, 0.2) is 0 Å². The number of carbonyl (C=O) groups is 3. The van der Waals surface area contributed by atoms with Crippen LogP contribution in [-0.4, -0.2) is 37.7 Å². The summed E-state index contributed by atoms with van der Waals surface area (Å²) in [6.07, 6.45) is 7.07. The zero-order chi connectivity index (χ0) is 18.6. The number of carbonyl (C=O) groups excluding carboxylic acids is 3. The smallest absolute Gasteiger partial charge is 0.330 e. The summed E-state index contributed by atoms with van der Waals surface area (Å²) in [6, 6.07) is 0. The maximum Gasteiger partial charge on any atom is 0.330 e. The van der Waals surface area contributed by atoms with E-state index in [4.69, 9.17) is 9.47 Å². The molecule has 0 aromatic rings. The van der Waals surface area contributed by atoms with Crippen molar-refractivity contribution < 1.29 is 28.6 Å². The van der Waals surface area contributed by atoms with Crippen molar-refractivity contribution >= 4 is 17.9 Å². The molecule has 0 aliphatic heterocycles. The monoisotopic (exact) mass is 342 g/mol. The molecular weight excluding hydrogens is 312 g/mol. The summed E-state index contributed by atoms with van der Waals surface area (Å²) in [5.74, 6) is -0.895. The molecule has 6 heteroatoms. The lowest BCUT2D eigenvalue weighted by molar-refractivity contribution is -0.144. The fourth-order valence-corrected chi connectivity index (χ4v) is 1.38. The van der Waals surface area contributed by atoms with Crippen molar-refractivity contribution in [3.63, 3.8) is 0 Å². The van der Waals surface area contributed by atoms with Crippen LogP contribution in [0.25, 0.3) is 0 Å². The number of esters is 3. The van der Waals surface area contributed by atoms with Crippen LogP contribution in [0.2, 0.25) is 0 Å². The first-order chi connectivity index (χ1) is 11.5. The van der Waals surface area contributed by atoms with E-state index in [0.717, 1.165) is 44.3 Å². The first kappa shape index (κ1) is 24.1. The van der Waals surface area contributed by atoms with Crippen molar-refractivity contribution in [1.82, 2.24) is 0 Å². The van der Waals surface area contributed by atoms with Gasteiger partial charge in [0, 0.05) is 18.6 Å². The lowest BCUT2D eigenvalue weighted by atomic mass is 10.2. The second-order valence-electron chi connectivity index (χ2n) is 4.71. The number of hydrogen-bond acceptors (Lipinski definition) is 6. The summed E-state index contributed by atoms with van der Waals surface area (Å²) in [7, 11) is 0. The highest BCUT2D eigenvalue weighted by Crippen LogP contribution is 2.02. The number of unbranched alkanes of at least 4 members (excludes halogenated alkanes) is 3. The molecule has 0 heterocycles. The van der Waals surface area contributed by atoms with Crippen LogP contribution in [0, 0.1) is 0 Å². The van der Waals surface area contributed by atoms with E-state index in [9.17, 15) is 14.4 Å². The molecule has 0 spiro atoms. The summed E-state index contributed by atoms with van der Waals surface area (Å²) in [5.41, 5.74) is 0. The third-order valence-corrected chi connectivity index (χ3v) is 2.65. The standard InChI is InChI=1S/C13H22O4.C5H8O2/c1-3-5-10-17-13(15)9-7-6-8-11-16-12(14)4-2;1-3-5(6)7-4-2/h4H,2-3,5-11H2,1H3;3H,1,4H2,2H3. The number of hydrogen-bond donors (Lipinski definition) is 0. The molecule has 0 saturated heterocycles. The molecule has 138 valence electrons. The Kier molecular flexibility index (Phi) is 19.1. The van der Waals surface area contributed by atoms with Gasteiger partial charge in [-0.2, -0.15) is 0 Å². The van der Waals surface area contributed by atoms with Gasteiger partial charge in [-0.3, -0.25) is 4.79 Å². The van der Waals surface area contributed by atoms with Crippen molar-refractivity contribution in [3.8, 4) is 0 Å². The maximum absolute atomic E-state index is 11.2. The fourth-order valence-electron chi connectivity index (χ4n) is 1.38. The Morgan fingerprint density at radius 3 is 1.88 bits per heavy atom. The van der Waals surface area contributed by atoms with Gasteiger partial charge in [-0.25, -0.2) is 9.59 Å². The fraction of sp³-hybridized carbons (Fsp3) is 0.611. The highest BCUT2D eigenvalue weighted by atomic mass is 16.5. The van der Waals surface area contributed by atoms with Crippen molar-refractivity contribution in [2.24, 2.45) is 0 Å². The average molecular weight is 342 g/mol. The van der Waals surface area contributed by atoms with E-state index in [1.165, 1.54) is 0 Å². The third kappa shape index (κ3) is 19.9. The predicted molar refractivity (Wildman–Crippen MR) is 92.3 cm³/mol. The maximum atomic E-state index is 11.2. The minimum absolute atomic E-state index is 0.137. The first-order valence-electron chi connectivity index (χ1n) is 8.25. The Morgan fingerprint density at radius 1 is 0.792 bits per heavy atom. The van der Waals surface area contributed by atoms with Crippen molar-refractivity contribution in [2.45, 2.75) is 52.4 Å². The van der Waals surface area contributed by atoms with Crippen LogP contribution in [-0.2, 0) is 28.6 Å². The lowest BCUT2D eigenvalue weighted by Crippen LogP contribution is -2.06. The molecular formula is C18H30O6. The highest BCUT2D eigenvalue weighted by molar-refractivity contribution is 5.81. The van der Waals surface area contributed by atoms with E-state index in [2.05, 4.69) is 24.8 Å². The van der Waals surface area contributed by atoms with Crippen LogP contribution in [0.4, 0.5) is 0 Å². The topological polar surface area (TPSA) is 78.9 Å². The first-order valence-corrected chi connectivity index (χ1v) is 8.25. The SMILES string of the molecule is C=CC(=O)OCC.C=CC(=O)OCCCCCC(=O)OCCCC. The molecule has 0 aromatic carbocycles. The van der Waals surface area contributed by atoms with Crippen LogP contribution >= 0.6 is 0 Å². The molecule has 24 heavy (non-hydrogen) atoms. The second-order valence-corrected chi connectivity index (χ2v) is 4.71. The average Bonchev–Trinajstić information content (AvgIpc) is 2.58. The third-order valence-electron chi connectivity index (χ3n) is 2.65. The zero-order valence-corrected chi connectivity index (χ0v) is 14.9.